The number of hydrogen-bond acceptors (Lipinski definition) is 3. The van der Waals surface area contributed by atoms with Crippen LogP contribution in [0.25, 0.3) is 0 Å². The van der Waals surface area contributed by atoms with Gasteiger partial charge in [0.1, 0.15) is 0 Å². The molecule has 0 aromatic carbocycles. The van der Waals surface area contributed by atoms with Gasteiger partial charge in [0, 0.05) is 12.1 Å². The Kier molecular flexibility index (Phi) is 3.93. The average molecular weight is 236 g/mol. The van der Waals surface area contributed by atoms with Crippen molar-refractivity contribution in [3.05, 3.63) is 22.0 Å². The van der Waals surface area contributed by atoms with Crippen molar-refractivity contribution >= 4 is 11.6 Å². The molecule has 0 aliphatic heterocycles. The summed E-state index contributed by atoms with van der Waals surface area (Å²) in [7, 11) is 0. The smallest absolute Gasteiger partial charge is 0.246 e. The van der Waals surface area contributed by atoms with E-state index in [1.807, 2.05) is 0 Å². The molecule has 15 heavy (non-hydrogen) atoms. The normalized spacial score (nSPS) is 13.3. The first-order valence-electron chi connectivity index (χ1n) is 4.46. The second-order valence-electron chi connectivity index (χ2n) is 3.29. The number of nitrogens with two attached hydrogens (primary N) is 1. The maximum absolute atomic E-state index is 12.7. The van der Waals surface area contributed by atoms with E-state index >= 15 is 0 Å². The topological polar surface area (TPSA) is 51.8 Å². The monoisotopic (exact) mass is 235 g/mol. The molecule has 1 aromatic rings. The van der Waals surface area contributed by atoms with E-state index < -0.39 is 12.3 Å². The highest BCUT2D eigenvalue weighted by Gasteiger charge is 2.26. The summed E-state index contributed by atoms with van der Waals surface area (Å²) in [6, 6.07) is 0. The van der Waals surface area contributed by atoms with E-state index in [4.69, 9.17) is 17.3 Å². The lowest BCUT2D eigenvalue weighted by Crippen LogP contribution is -2.22. The number of alkyl halides is 2. The number of halogens is 3. The van der Waals surface area contributed by atoms with Gasteiger partial charge >= 0.3 is 0 Å². The van der Waals surface area contributed by atoms with Crippen LogP contribution in [0.4, 0.5) is 8.78 Å². The van der Waals surface area contributed by atoms with Gasteiger partial charge < -0.3 is 5.73 Å². The van der Waals surface area contributed by atoms with Gasteiger partial charge in [0.15, 0.2) is 5.15 Å². The third-order valence-electron chi connectivity index (χ3n) is 2.39. The number of rotatable bonds is 3. The molecule has 3 nitrogen and oxygen atoms in total. The van der Waals surface area contributed by atoms with Crippen LogP contribution in [0.2, 0.25) is 5.15 Å². The Hall–Kier alpha value is -0.810. The third kappa shape index (κ3) is 2.41. The minimum Gasteiger partial charge on any atom is -0.330 e. The molecule has 1 heterocycles. The molecule has 0 amide bonds. The number of aryl methyl sites for hydroxylation is 1. The molecule has 1 unspecified atom stereocenters. The molecular formula is C9H12ClF2N3. The molecule has 6 heteroatoms. The zero-order valence-corrected chi connectivity index (χ0v) is 9.22. The second kappa shape index (κ2) is 4.81. The van der Waals surface area contributed by atoms with Gasteiger partial charge in [-0.15, -0.1) is 5.10 Å². The fourth-order valence-corrected chi connectivity index (χ4v) is 1.69. The summed E-state index contributed by atoms with van der Waals surface area (Å²) in [4.78, 5) is 0. The van der Waals surface area contributed by atoms with Crippen LogP contribution < -0.4 is 5.73 Å². The van der Waals surface area contributed by atoms with Crippen LogP contribution in [0.1, 0.15) is 22.7 Å². The lowest BCUT2D eigenvalue weighted by atomic mass is 9.96. The highest BCUT2D eigenvalue weighted by atomic mass is 35.5. The van der Waals surface area contributed by atoms with Gasteiger partial charge in [0.25, 0.3) is 0 Å². The van der Waals surface area contributed by atoms with Gasteiger partial charge in [-0.2, -0.15) is 5.10 Å². The fraction of sp³-hybridized carbons (Fsp3) is 0.556. The van der Waals surface area contributed by atoms with Crippen LogP contribution in [0, 0.1) is 13.8 Å². The standard InChI is InChI=1S/C9H12ClF2N3/c1-4-5(2)14-15-8(10)7(4)6(3-13)9(11)12/h6,9H,3,13H2,1-2H3. The van der Waals surface area contributed by atoms with E-state index in [1.165, 1.54) is 0 Å². The molecule has 0 saturated carbocycles. The van der Waals surface area contributed by atoms with Gasteiger partial charge in [-0.05, 0) is 19.4 Å². The van der Waals surface area contributed by atoms with Gasteiger partial charge in [0.2, 0.25) is 6.43 Å². The molecule has 0 bridgehead atoms. The van der Waals surface area contributed by atoms with Gasteiger partial charge in [-0.1, -0.05) is 11.6 Å². The van der Waals surface area contributed by atoms with E-state index in [1.54, 1.807) is 13.8 Å². The summed E-state index contributed by atoms with van der Waals surface area (Å²) < 4.78 is 25.4. The first-order valence-corrected chi connectivity index (χ1v) is 4.84. The average Bonchev–Trinajstić information content (AvgIpc) is 2.18. The quantitative estimate of drug-likeness (QED) is 0.873. The fourth-order valence-electron chi connectivity index (χ4n) is 1.38. The Morgan fingerprint density at radius 3 is 2.40 bits per heavy atom. The first kappa shape index (κ1) is 12.3. The number of hydrogen-bond donors (Lipinski definition) is 1. The first-order chi connectivity index (χ1) is 6.99. The van der Waals surface area contributed by atoms with Crippen molar-refractivity contribution in [3.63, 3.8) is 0 Å². The molecule has 0 radical (unpaired) electrons. The van der Waals surface area contributed by atoms with Crippen LogP contribution in [0.5, 0.6) is 0 Å². The van der Waals surface area contributed by atoms with Gasteiger partial charge in [-0.3, -0.25) is 0 Å². The van der Waals surface area contributed by atoms with E-state index in [0.29, 0.717) is 16.8 Å². The van der Waals surface area contributed by atoms with Crippen molar-refractivity contribution in [2.24, 2.45) is 5.73 Å². The van der Waals surface area contributed by atoms with Crippen LogP contribution >= 0.6 is 11.6 Å². The Balaban J connectivity index is 3.27. The molecule has 0 aliphatic rings. The Morgan fingerprint density at radius 2 is 1.93 bits per heavy atom. The van der Waals surface area contributed by atoms with E-state index in [-0.39, 0.29) is 11.7 Å². The summed E-state index contributed by atoms with van der Waals surface area (Å²) in [6.07, 6.45) is -2.55. The Bertz CT molecular complexity index is 357. The molecule has 84 valence electrons. The van der Waals surface area contributed by atoms with Crippen molar-refractivity contribution in [1.29, 1.82) is 0 Å². The third-order valence-corrected chi connectivity index (χ3v) is 2.66. The molecule has 1 rings (SSSR count). The molecule has 0 saturated heterocycles. The van der Waals surface area contributed by atoms with Crippen molar-refractivity contribution in [1.82, 2.24) is 10.2 Å². The largest absolute Gasteiger partial charge is 0.330 e. The number of aromatic nitrogens is 2. The van der Waals surface area contributed by atoms with Crippen LogP contribution in [-0.2, 0) is 0 Å². The zero-order chi connectivity index (χ0) is 11.6. The maximum Gasteiger partial charge on any atom is 0.246 e. The van der Waals surface area contributed by atoms with Crippen LogP contribution in [-0.4, -0.2) is 23.2 Å². The highest BCUT2D eigenvalue weighted by molar-refractivity contribution is 6.30. The predicted molar refractivity (Wildman–Crippen MR) is 54.3 cm³/mol. The number of nitrogens with zero attached hydrogens (tertiary/aromatic N) is 2. The van der Waals surface area contributed by atoms with Crippen molar-refractivity contribution in [2.45, 2.75) is 26.2 Å². The van der Waals surface area contributed by atoms with Gasteiger partial charge in [-0.25, -0.2) is 8.78 Å². The summed E-state index contributed by atoms with van der Waals surface area (Å²) in [5.41, 5.74) is 6.84. The van der Waals surface area contributed by atoms with E-state index in [9.17, 15) is 8.78 Å². The lowest BCUT2D eigenvalue weighted by Gasteiger charge is -2.17. The second-order valence-corrected chi connectivity index (χ2v) is 3.65. The van der Waals surface area contributed by atoms with Crippen LogP contribution in [0.3, 0.4) is 0 Å². The Labute approximate surface area is 91.6 Å². The van der Waals surface area contributed by atoms with Crippen LogP contribution in [0.15, 0.2) is 0 Å². The van der Waals surface area contributed by atoms with E-state index in [2.05, 4.69) is 10.2 Å². The SMILES string of the molecule is Cc1nnc(Cl)c(C(CN)C(F)F)c1C. The minimum absolute atomic E-state index is 0.00819. The van der Waals surface area contributed by atoms with Crippen molar-refractivity contribution < 1.29 is 8.78 Å². The predicted octanol–water partition coefficient (Wildman–Crippen LogP) is 2.05. The van der Waals surface area contributed by atoms with Crippen molar-refractivity contribution in [2.75, 3.05) is 6.54 Å². The molecule has 0 aliphatic carbocycles. The molecule has 1 aromatic heterocycles. The minimum atomic E-state index is -2.55. The summed E-state index contributed by atoms with van der Waals surface area (Å²) in [6.45, 7) is 3.22. The molecular weight excluding hydrogens is 224 g/mol. The maximum atomic E-state index is 12.7. The summed E-state index contributed by atoms with van der Waals surface area (Å²) >= 11 is 5.76. The van der Waals surface area contributed by atoms with Crippen molar-refractivity contribution in [3.8, 4) is 0 Å². The van der Waals surface area contributed by atoms with Gasteiger partial charge in [0.05, 0.1) is 11.6 Å². The molecule has 0 fully saturated rings. The molecule has 1 atom stereocenters. The Morgan fingerprint density at radius 1 is 1.33 bits per heavy atom. The molecule has 2 N–H and O–H groups in total. The zero-order valence-electron chi connectivity index (χ0n) is 8.47. The molecule has 0 spiro atoms. The highest BCUT2D eigenvalue weighted by Crippen LogP contribution is 2.30. The summed E-state index contributed by atoms with van der Waals surface area (Å²) in [5, 5.41) is 7.37. The van der Waals surface area contributed by atoms with E-state index in [0.717, 1.165) is 0 Å². The lowest BCUT2D eigenvalue weighted by molar-refractivity contribution is 0.116. The summed E-state index contributed by atoms with van der Waals surface area (Å²) in [5.74, 6) is -1.08.